The van der Waals surface area contributed by atoms with Crippen molar-refractivity contribution in [2.45, 2.75) is 19.4 Å². The van der Waals surface area contributed by atoms with Crippen molar-refractivity contribution >= 4 is 23.5 Å². The van der Waals surface area contributed by atoms with E-state index in [0.29, 0.717) is 24.7 Å². The van der Waals surface area contributed by atoms with Crippen LogP contribution in [0.1, 0.15) is 18.4 Å². The molecule has 1 aromatic carbocycles. The van der Waals surface area contributed by atoms with E-state index in [2.05, 4.69) is 6.58 Å². The molecule has 0 saturated heterocycles. The van der Waals surface area contributed by atoms with Gasteiger partial charge in [-0.15, -0.1) is 6.58 Å². The number of ether oxygens (including phenoxy) is 1. The van der Waals surface area contributed by atoms with E-state index in [9.17, 15) is 9.59 Å². The lowest BCUT2D eigenvalue weighted by Crippen LogP contribution is -2.35. The molecule has 1 rings (SSSR count). The Bertz CT molecular complexity index is 501. The van der Waals surface area contributed by atoms with Crippen LogP contribution in [-0.4, -0.2) is 41.6 Å². The first-order chi connectivity index (χ1) is 10.5. The van der Waals surface area contributed by atoms with Crippen molar-refractivity contribution in [3.05, 3.63) is 47.5 Å². The van der Waals surface area contributed by atoms with Gasteiger partial charge >= 0.3 is 5.97 Å². The van der Waals surface area contributed by atoms with Crippen molar-refractivity contribution in [1.29, 1.82) is 0 Å². The van der Waals surface area contributed by atoms with Gasteiger partial charge in [-0.1, -0.05) is 29.8 Å². The normalized spacial score (nSPS) is 10.2. The molecule has 0 radical (unpaired) electrons. The molecule has 120 valence electrons. The second-order valence-corrected chi connectivity index (χ2v) is 5.17. The average Bonchev–Trinajstić information content (AvgIpc) is 2.48. The molecule has 0 aliphatic heterocycles. The highest BCUT2D eigenvalue weighted by Crippen LogP contribution is 2.12. The number of aliphatic carboxylic acids is 1. The van der Waals surface area contributed by atoms with Gasteiger partial charge < -0.3 is 14.7 Å². The molecule has 5 nitrogen and oxygen atoms in total. The van der Waals surface area contributed by atoms with Crippen molar-refractivity contribution in [1.82, 2.24) is 4.90 Å². The maximum absolute atomic E-state index is 12.1. The summed E-state index contributed by atoms with van der Waals surface area (Å²) in [6.45, 7) is 4.34. The van der Waals surface area contributed by atoms with Crippen LogP contribution in [0.3, 0.4) is 0 Å². The average molecular weight is 326 g/mol. The Morgan fingerprint density at radius 1 is 1.32 bits per heavy atom. The van der Waals surface area contributed by atoms with Crippen LogP contribution in [0.25, 0.3) is 0 Å². The summed E-state index contributed by atoms with van der Waals surface area (Å²) in [5, 5.41) is 9.54. The number of rotatable bonds is 10. The van der Waals surface area contributed by atoms with Crippen LogP contribution in [0.4, 0.5) is 0 Å². The zero-order chi connectivity index (χ0) is 16.4. The van der Waals surface area contributed by atoms with E-state index < -0.39 is 5.97 Å². The summed E-state index contributed by atoms with van der Waals surface area (Å²) in [6.07, 6.45) is 2.43. The number of carbonyl (C=O) groups is 2. The number of benzene rings is 1. The lowest BCUT2D eigenvalue weighted by Gasteiger charge is -2.21. The smallest absolute Gasteiger partial charge is 0.323 e. The molecule has 0 unspecified atom stereocenters. The Hall–Kier alpha value is -1.85. The molecule has 0 heterocycles. The summed E-state index contributed by atoms with van der Waals surface area (Å²) < 4.78 is 5.21. The summed E-state index contributed by atoms with van der Waals surface area (Å²) in [5.41, 5.74) is 0.835. The van der Waals surface area contributed by atoms with Gasteiger partial charge in [-0.25, -0.2) is 0 Å². The number of nitrogens with zero attached hydrogens (tertiary/aromatic N) is 1. The second-order valence-electron chi connectivity index (χ2n) is 4.74. The van der Waals surface area contributed by atoms with Gasteiger partial charge in [0.2, 0.25) is 5.91 Å². The van der Waals surface area contributed by atoms with E-state index in [0.717, 1.165) is 5.56 Å². The Morgan fingerprint density at radius 3 is 2.59 bits per heavy atom. The molecule has 0 bridgehead atoms. The first kappa shape index (κ1) is 18.2. The van der Waals surface area contributed by atoms with Crippen LogP contribution in [0, 0.1) is 0 Å². The maximum Gasteiger partial charge on any atom is 0.323 e. The summed E-state index contributed by atoms with van der Waals surface area (Å²) in [7, 11) is 0. The van der Waals surface area contributed by atoms with Gasteiger partial charge in [0.25, 0.3) is 0 Å². The highest BCUT2D eigenvalue weighted by Gasteiger charge is 2.16. The minimum atomic E-state index is -1.04. The summed E-state index contributed by atoms with van der Waals surface area (Å²) >= 11 is 5.81. The van der Waals surface area contributed by atoms with Gasteiger partial charge in [0.15, 0.2) is 0 Å². The van der Waals surface area contributed by atoms with Crippen LogP contribution in [0.2, 0.25) is 5.02 Å². The number of carbonyl (C=O) groups excluding carboxylic acids is 1. The molecular weight excluding hydrogens is 306 g/mol. The third-order valence-corrected chi connectivity index (χ3v) is 3.13. The van der Waals surface area contributed by atoms with Crippen LogP contribution in [0.15, 0.2) is 36.9 Å². The van der Waals surface area contributed by atoms with Crippen molar-refractivity contribution in [2.75, 3.05) is 19.8 Å². The van der Waals surface area contributed by atoms with Gasteiger partial charge in [0.05, 0.1) is 6.61 Å². The van der Waals surface area contributed by atoms with Crippen molar-refractivity contribution in [2.24, 2.45) is 0 Å². The third kappa shape index (κ3) is 7.24. The van der Waals surface area contributed by atoms with Crippen LogP contribution in [-0.2, 0) is 20.9 Å². The quantitative estimate of drug-likeness (QED) is 0.530. The predicted molar refractivity (Wildman–Crippen MR) is 84.8 cm³/mol. The molecule has 22 heavy (non-hydrogen) atoms. The van der Waals surface area contributed by atoms with Gasteiger partial charge in [-0.2, -0.15) is 0 Å². The topological polar surface area (TPSA) is 66.8 Å². The Morgan fingerprint density at radius 2 is 2.00 bits per heavy atom. The highest BCUT2D eigenvalue weighted by atomic mass is 35.5. The van der Waals surface area contributed by atoms with Crippen molar-refractivity contribution in [3.63, 3.8) is 0 Å². The Labute approximate surface area is 135 Å². The molecule has 1 aromatic rings. The Balaban J connectivity index is 2.55. The fourth-order valence-electron chi connectivity index (χ4n) is 1.86. The molecule has 0 saturated carbocycles. The zero-order valence-corrected chi connectivity index (χ0v) is 13.1. The van der Waals surface area contributed by atoms with Crippen LogP contribution in [0.5, 0.6) is 0 Å². The molecule has 6 heteroatoms. The molecule has 0 atom stereocenters. The van der Waals surface area contributed by atoms with E-state index in [1.165, 1.54) is 4.90 Å². The minimum absolute atomic E-state index is 0.209. The predicted octanol–water partition coefficient (Wildman–Crippen LogP) is 2.74. The van der Waals surface area contributed by atoms with E-state index in [1.54, 1.807) is 30.3 Å². The fourth-order valence-corrected chi connectivity index (χ4v) is 1.98. The van der Waals surface area contributed by atoms with Gasteiger partial charge in [-0.05, 0) is 24.1 Å². The molecule has 0 aliphatic rings. The summed E-state index contributed by atoms with van der Waals surface area (Å²) in [5.74, 6) is -1.25. The largest absolute Gasteiger partial charge is 0.480 e. The van der Waals surface area contributed by atoms with Crippen molar-refractivity contribution in [3.8, 4) is 0 Å². The van der Waals surface area contributed by atoms with Crippen LogP contribution < -0.4 is 0 Å². The molecule has 0 spiro atoms. The van der Waals surface area contributed by atoms with E-state index >= 15 is 0 Å². The van der Waals surface area contributed by atoms with Gasteiger partial charge in [0, 0.05) is 24.6 Å². The summed E-state index contributed by atoms with van der Waals surface area (Å²) in [4.78, 5) is 24.4. The standard InChI is InChI=1S/C16H20ClNO4/c1-2-9-22-10-3-4-15(19)18(12-16(20)21)11-13-5-7-14(17)8-6-13/h2,5-8H,1,3-4,9-12H2,(H,20,21). The lowest BCUT2D eigenvalue weighted by atomic mass is 10.2. The number of carboxylic acids is 1. The summed E-state index contributed by atoms with van der Waals surface area (Å²) in [6, 6.07) is 6.97. The first-order valence-electron chi connectivity index (χ1n) is 6.95. The van der Waals surface area contributed by atoms with E-state index in [4.69, 9.17) is 21.4 Å². The SMILES string of the molecule is C=CCOCCCC(=O)N(CC(=O)O)Cc1ccc(Cl)cc1. The zero-order valence-electron chi connectivity index (χ0n) is 12.3. The monoisotopic (exact) mass is 325 g/mol. The van der Waals surface area contributed by atoms with Gasteiger partial charge in [-0.3, -0.25) is 9.59 Å². The number of carboxylic acid groups (broad SMARTS) is 1. The number of halogens is 1. The van der Waals surface area contributed by atoms with Crippen molar-refractivity contribution < 1.29 is 19.4 Å². The number of hydrogen-bond acceptors (Lipinski definition) is 3. The molecular formula is C16H20ClNO4. The first-order valence-corrected chi connectivity index (χ1v) is 7.33. The Kier molecular flexibility index (Phi) is 8.25. The van der Waals surface area contributed by atoms with E-state index in [1.807, 2.05) is 0 Å². The minimum Gasteiger partial charge on any atom is -0.480 e. The second kappa shape index (κ2) is 9.97. The molecule has 0 aromatic heterocycles. The van der Waals surface area contributed by atoms with Gasteiger partial charge in [0.1, 0.15) is 6.54 Å². The molecule has 0 aliphatic carbocycles. The van der Waals surface area contributed by atoms with E-state index in [-0.39, 0.29) is 25.4 Å². The molecule has 1 N–H and O–H groups in total. The highest BCUT2D eigenvalue weighted by molar-refractivity contribution is 6.30. The maximum atomic E-state index is 12.1. The molecule has 1 amide bonds. The third-order valence-electron chi connectivity index (χ3n) is 2.88. The number of amides is 1. The lowest BCUT2D eigenvalue weighted by molar-refractivity contribution is -0.145. The van der Waals surface area contributed by atoms with Crippen LogP contribution >= 0.6 is 11.6 Å². The fraction of sp³-hybridized carbons (Fsp3) is 0.375. The number of hydrogen-bond donors (Lipinski definition) is 1. The molecule has 0 fully saturated rings.